The molecule has 0 unspecified atom stereocenters. The molecule has 8 aromatic carbocycles. The Morgan fingerprint density at radius 1 is 0.379 bits per heavy atom. The largest absolute Gasteiger partial charge is 0.309 e. The van der Waals surface area contributed by atoms with Crippen molar-refractivity contribution in [3.63, 3.8) is 0 Å². The lowest BCUT2D eigenvalue weighted by atomic mass is 9.86. The molecule has 3 nitrogen and oxygen atoms in total. The van der Waals surface area contributed by atoms with Crippen molar-refractivity contribution in [2.45, 2.75) is 26.2 Å². The van der Waals surface area contributed by atoms with Crippen molar-refractivity contribution in [2.75, 3.05) is 0 Å². The summed E-state index contributed by atoms with van der Waals surface area (Å²) in [7, 11) is 0. The standard InChI is InChI=1S/C55H43N3/c1-55(2,3)42-31-26-40(27-32-42)54-37-51(39-16-6-4-7-17-39)56-58(54)44-33-28-38(29-34-44)45-20-10-12-22-47(45)48-23-13-11-21-46(48)41-30-35-53-50(36-41)49-24-14-15-25-52(49)57(53)43-18-8-5-9-19-43/h4-37H,1-3H3. The van der Waals surface area contributed by atoms with E-state index in [1.807, 2.05) is 6.07 Å². The number of hydrogen-bond donors (Lipinski definition) is 0. The molecule has 0 atom stereocenters. The van der Waals surface area contributed by atoms with Gasteiger partial charge in [-0.2, -0.15) is 5.10 Å². The van der Waals surface area contributed by atoms with Crippen LogP contribution in [0.1, 0.15) is 26.3 Å². The number of fused-ring (bicyclic) bond motifs is 3. The summed E-state index contributed by atoms with van der Waals surface area (Å²) in [6.07, 6.45) is 0. The monoisotopic (exact) mass is 745 g/mol. The van der Waals surface area contributed by atoms with Crippen LogP contribution in [0.3, 0.4) is 0 Å². The molecule has 58 heavy (non-hydrogen) atoms. The molecule has 0 bridgehead atoms. The van der Waals surface area contributed by atoms with Crippen molar-refractivity contribution in [2.24, 2.45) is 0 Å². The maximum Gasteiger partial charge on any atom is 0.0934 e. The van der Waals surface area contributed by atoms with E-state index in [0.717, 1.165) is 39.5 Å². The van der Waals surface area contributed by atoms with Gasteiger partial charge in [0.05, 0.1) is 28.1 Å². The van der Waals surface area contributed by atoms with Gasteiger partial charge in [-0.05, 0) is 92.9 Å². The van der Waals surface area contributed by atoms with Gasteiger partial charge in [0, 0.05) is 27.6 Å². The molecule has 2 heterocycles. The molecule has 278 valence electrons. The summed E-state index contributed by atoms with van der Waals surface area (Å²) in [5, 5.41) is 7.68. The molecular formula is C55H43N3. The molecule has 0 saturated heterocycles. The minimum atomic E-state index is 0.0818. The highest BCUT2D eigenvalue weighted by Gasteiger charge is 2.19. The maximum atomic E-state index is 5.19. The first-order valence-electron chi connectivity index (χ1n) is 20.1. The SMILES string of the molecule is CC(C)(C)c1ccc(-c2cc(-c3ccccc3)nn2-c2ccc(-c3ccccc3-c3ccccc3-c3ccc4c(c3)c3ccccc3n4-c3ccccc3)cc2)cc1. The van der Waals surface area contributed by atoms with E-state index in [1.165, 1.54) is 55.2 Å². The molecule has 0 aliphatic carbocycles. The first-order valence-corrected chi connectivity index (χ1v) is 20.1. The van der Waals surface area contributed by atoms with Crippen LogP contribution in [0.25, 0.3) is 89.1 Å². The molecule has 2 aromatic heterocycles. The fourth-order valence-corrected chi connectivity index (χ4v) is 8.39. The van der Waals surface area contributed by atoms with Gasteiger partial charge in [0.25, 0.3) is 0 Å². The average Bonchev–Trinajstić information content (AvgIpc) is 3.87. The zero-order chi connectivity index (χ0) is 39.2. The number of nitrogens with zero attached hydrogens (tertiary/aromatic N) is 3. The summed E-state index contributed by atoms with van der Waals surface area (Å²) in [6, 6.07) is 74.3. The van der Waals surface area contributed by atoms with Gasteiger partial charge in [-0.3, -0.25) is 0 Å². The highest BCUT2D eigenvalue weighted by atomic mass is 15.3. The average molecular weight is 746 g/mol. The minimum Gasteiger partial charge on any atom is -0.309 e. The first kappa shape index (κ1) is 35.2. The van der Waals surface area contributed by atoms with Crippen LogP contribution in [0.2, 0.25) is 0 Å². The summed E-state index contributed by atoms with van der Waals surface area (Å²) in [5.41, 5.74) is 17.4. The normalized spacial score (nSPS) is 11.7. The lowest BCUT2D eigenvalue weighted by molar-refractivity contribution is 0.590. The molecule has 0 fully saturated rings. The Morgan fingerprint density at radius 2 is 0.914 bits per heavy atom. The summed E-state index contributed by atoms with van der Waals surface area (Å²) in [5.74, 6) is 0. The lowest BCUT2D eigenvalue weighted by Gasteiger charge is -2.19. The van der Waals surface area contributed by atoms with Crippen molar-refractivity contribution < 1.29 is 0 Å². The third-order valence-electron chi connectivity index (χ3n) is 11.4. The van der Waals surface area contributed by atoms with Crippen LogP contribution in [0.5, 0.6) is 0 Å². The van der Waals surface area contributed by atoms with Gasteiger partial charge in [-0.15, -0.1) is 0 Å². The fourth-order valence-electron chi connectivity index (χ4n) is 8.39. The van der Waals surface area contributed by atoms with Gasteiger partial charge in [-0.25, -0.2) is 4.68 Å². The van der Waals surface area contributed by atoms with Crippen molar-refractivity contribution >= 4 is 21.8 Å². The van der Waals surface area contributed by atoms with Crippen molar-refractivity contribution in [3.8, 4) is 67.3 Å². The van der Waals surface area contributed by atoms with Crippen LogP contribution in [0.4, 0.5) is 0 Å². The molecule has 0 spiro atoms. The lowest BCUT2D eigenvalue weighted by Crippen LogP contribution is -2.10. The summed E-state index contributed by atoms with van der Waals surface area (Å²) in [6.45, 7) is 6.76. The first-order chi connectivity index (χ1) is 28.4. The van der Waals surface area contributed by atoms with Gasteiger partial charge >= 0.3 is 0 Å². The number of hydrogen-bond acceptors (Lipinski definition) is 1. The zero-order valence-electron chi connectivity index (χ0n) is 33.0. The molecular weight excluding hydrogens is 703 g/mol. The Morgan fingerprint density at radius 3 is 1.59 bits per heavy atom. The fraction of sp³-hybridized carbons (Fsp3) is 0.0727. The quantitative estimate of drug-likeness (QED) is 0.159. The van der Waals surface area contributed by atoms with Crippen LogP contribution in [-0.2, 0) is 5.41 Å². The Bertz CT molecular complexity index is 3050. The van der Waals surface area contributed by atoms with Crippen LogP contribution < -0.4 is 0 Å². The molecule has 0 amide bonds. The Hall–Kier alpha value is -7.23. The predicted octanol–water partition coefficient (Wildman–Crippen LogP) is 14.6. The Balaban J connectivity index is 1.04. The molecule has 10 rings (SSSR count). The summed E-state index contributed by atoms with van der Waals surface area (Å²) in [4.78, 5) is 0. The molecule has 0 saturated carbocycles. The van der Waals surface area contributed by atoms with E-state index in [-0.39, 0.29) is 5.41 Å². The third kappa shape index (κ3) is 6.31. The minimum absolute atomic E-state index is 0.0818. The molecule has 10 aromatic rings. The van der Waals surface area contributed by atoms with Crippen molar-refractivity contribution in [1.82, 2.24) is 14.3 Å². The van der Waals surface area contributed by atoms with E-state index < -0.39 is 0 Å². The highest BCUT2D eigenvalue weighted by Crippen LogP contribution is 2.41. The van der Waals surface area contributed by atoms with Gasteiger partial charge in [-0.1, -0.05) is 178 Å². The Kier molecular flexibility index (Phi) is 8.72. The van der Waals surface area contributed by atoms with E-state index in [2.05, 4.69) is 230 Å². The summed E-state index contributed by atoms with van der Waals surface area (Å²) >= 11 is 0. The van der Waals surface area contributed by atoms with Gasteiger partial charge in [0.15, 0.2) is 0 Å². The maximum absolute atomic E-state index is 5.19. The van der Waals surface area contributed by atoms with E-state index in [4.69, 9.17) is 5.10 Å². The van der Waals surface area contributed by atoms with Crippen LogP contribution in [0.15, 0.2) is 206 Å². The second-order valence-electron chi connectivity index (χ2n) is 16.1. The van der Waals surface area contributed by atoms with E-state index >= 15 is 0 Å². The highest BCUT2D eigenvalue weighted by molar-refractivity contribution is 6.11. The number of rotatable bonds is 7. The summed E-state index contributed by atoms with van der Waals surface area (Å²) < 4.78 is 4.46. The zero-order valence-corrected chi connectivity index (χ0v) is 33.0. The smallest absolute Gasteiger partial charge is 0.0934 e. The van der Waals surface area contributed by atoms with Crippen LogP contribution in [0, 0.1) is 0 Å². The van der Waals surface area contributed by atoms with Gasteiger partial charge in [0.2, 0.25) is 0 Å². The van der Waals surface area contributed by atoms with Crippen LogP contribution >= 0.6 is 0 Å². The van der Waals surface area contributed by atoms with E-state index in [9.17, 15) is 0 Å². The molecule has 0 radical (unpaired) electrons. The second-order valence-corrected chi connectivity index (χ2v) is 16.1. The van der Waals surface area contributed by atoms with E-state index in [1.54, 1.807) is 0 Å². The van der Waals surface area contributed by atoms with Crippen molar-refractivity contribution in [3.05, 3.63) is 212 Å². The third-order valence-corrected chi connectivity index (χ3v) is 11.4. The second kappa shape index (κ2) is 14.4. The van der Waals surface area contributed by atoms with Crippen LogP contribution in [-0.4, -0.2) is 14.3 Å². The topological polar surface area (TPSA) is 22.8 Å². The van der Waals surface area contributed by atoms with Gasteiger partial charge in [0.1, 0.15) is 0 Å². The molecule has 3 heteroatoms. The van der Waals surface area contributed by atoms with Gasteiger partial charge < -0.3 is 4.57 Å². The predicted molar refractivity (Wildman–Crippen MR) is 244 cm³/mol. The number of benzene rings is 8. The molecule has 0 aliphatic rings. The Labute approximate surface area is 340 Å². The molecule has 0 aliphatic heterocycles. The van der Waals surface area contributed by atoms with E-state index in [0.29, 0.717) is 0 Å². The van der Waals surface area contributed by atoms with Crippen molar-refractivity contribution in [1.29, 1.82) is 0 Å². The number of para-hydroxylation sites is 2. The number of aromatic nitrogens is 3. The molecule has 0 N–H and O–H groups in total.